The van der Waals surface area contributed by atoms with Gasteiger partial charge in [-0.1, -0.05) is 48.5 Å². The number of benzene rings is 2. The van der Waals surface area contributed by atoms with Gasteiger partial charge in [-0.3, -0.25) is 4.79 Å². The summed E-state index contributed by atoms with van der Waals surface area (Å²) >= 11 is 0. The van der Waals surface area contributed by atoms with Crippen LogP contribution in [-0.4, -0.2) is 38.6 Å². The second-order valence-corrected chi connectivity index (χ2v) is 6.46. The molecular formula is C20H26N3O+. The summed E-state index contributed by atoms with van der Waals surface area (Å²) in [6.07, 6.45) is 0. The molecule has 0 atom stereocenters. The van der Waals surface area contributed by atoms with Crippen molar-refractivity contribution < 1.29 is 9.69 Å². The van der Waals surface area contributed by atoms with E-state index < -0.39 is 0 Å². The number of para-hydroxylation sites is 1. The Bertz CT molecular complexity index is 664. The van der Waals surface area contributed by atoms with Crippen LogP contribution < -0.4 is 15.1 Å². The van der Waals surface area contributed by atoms with Crippen LogP contribution >= 0.6 is 0 Å². The van der Waals surface area contributed by atoms with Crippen molar-refractivity contribution in [3.05, 3.63) is 65.7 Å². The third kappa shape index (κ3) is 4.36. The largest absolute Gasteiger partial charge is 0.360 e. The van der Waals surface area contributed by atoms with Gasteiger partial charge in [0.2, 0.25) is 0 Å². The highest BCUT2D eigenvalue weighted by Gasteiger charge is 2.22. The third-order valence-electron chi connectivity index (χ3n) is 4.67. The lowest BCUT2D eigenvalue weighted by Crippen LogP contribution is -3.15. The SMILES string of the molecule is Cc1ccccc1N1CC[NH+](CC(=O)NCc2ccccc2)CC1. The minimum absolute atomic E-state index is 0.137. The number of hydrogen-bond donors (Lipinski definition) is 2. The molecule has 0 radical (unpaired) electrons. The summed E-state index contributed by atoms with van der Waals surface area (Å²) in [5.41, 5.74) is 3.79. The molecule has 0 aliphatic carbocycles. The Labute approximate surface area is 144 Å². The first kappa shape index (κ1) is 16.5. The molecular weight excluding hydrogens is 298 g/mol. The van der Waals surface area contributed by atoms with E-state index >= 15 is 0 Å². The molecule has 1 heterocycles. The Morgan fingerprint density at radius 3 is 2.42 bits per heavy atom. The average molecular weight is 324 g/mol. The van der Waals surface area contributed by atoms with Gasteiger partial charge in [-0.05, 0) is 24.1 Å². The fourth-order valence-corrected chi connectivity index (χ4v) is 3.24. The van der Waals surface area contributed by atoms with E-state index in [1.807, 2.05) is 30.3 Å². The van der Waals surface area contributed by atoms with Crippen molar-refractivity contribution in [1.82, 2.24) is 5.32 Å². The van der Waals surface area contributed by atoms with Gasteiger partial charge < -0.3 is 15.1 Å². The summed E-state index contributed by atoms with van der Waals surface area (Å²) < 4.78 is 0. The van der Waals surface area contributed by atoms with Crippen LogP contribution in [0.3, 0.4) is 0 Å². The zero-order valence-corrected chi connectivity index (χ0v) is 14.3. The number of quaternary nitrogens is 1. The normalized spacial score (nSPS) is 15.3. The molecule has 1 aliphatic rings. The molecule has 0 aromatic heterocycles. The third-order valence-corrected chi connectivity index (χ3v) is 4.67. The van der Waals surface area contributed by atoms with Crippen molar-refractivity contribution in [3.8, 4) is 0 Å². The van der Waals surface area contributed by atoms with Gasteiger partial charge in [0.15, 0.2) is 6.54 Å². The van der Waals surface area contributed by atoms with Gasteiger partial charge in [-0.2, -0.15) is 0 Å². The number of carbonyl (C=O) groups is 1. The van der Waals surface area contributed by atoms with E-state index in [4.69, 9.17) is 0 Å². The van der Waals surface area contributed by atoms with Crippen molar-refractivity contribution in [2.24, 2.45) is 0 Å². The molecule has 1 amide bonds. The summed E-state index contributed by atoms with van der Waals surface area (Å²) in [5.74, 6) is 0.137. The number of rotatable bonds is 5. The maximum absolute atomic E-state index is 12.1. The Balaban J connectivity index is 1.44. The van der Waals surface area contributed by atoms with Crippen LogP contribution in [0.25, 0.3) is 0 Å². The number of nitrogens with one attached hydrogen (secondary N) is 2. The number of hydrogen-bond acceptors (Lipinski definition) is 2. The predicted molar refractivity (Wildman–Crippen MR) is 97.2 cm³/mol. The van der Waals surface area contributed by atoms with Gasteiger partial charge in [0.1, 0.15) is 0 Å². The molecule has 0 saturated carbocycles. The minimum atomic E-state index is 0.137. The number of piperazine rings is 1. The van der Waals surface area contributed by atoms with E-state index in [9.17, 15) is 4.79 Å². The molecule has 3 rings (SSSR count). The predicted octanol–water partition coefficient (Wildman–Crippen LogP) is 1.02. The number of aryl methyl sites for hydroxylation is 1. The zero-order valence-electron chi connectivity index (χ0n) is 14.3. The smallest absolute Gasteiger partial charge is 0.275 e. The second kappa shape index (κ2) is 7.97. The molecule has 0 bridgehead atoms. The van der Waals surface area contributed by atoms with Crippen molar-refractivity contribution in [2.45, 2.75) is 13.5 Å². The summed E-state index contributed by atoms with van der Waals surface area (Å²) in [5, 5.41) is 3.02. The van der Waals surface area contributed by atoms with Gasteiger partial charge in [-0.25, -0.2) is 0 Å². The summed E-state index contributed by atoms with van der Waals surface area (Å²) in [4.78, 5) is 15.9. The number of carbonyl (C=O) groups excluding carboxylic acids is 1. The zero-order chi connectivity index (χ0) is 16.8. The van der Waals surface area contributed by atoms with Gasteiger partial charge in [0.05, 0.1) is 26.2 Å². The van der Waals surface area contributed by atoms with Gasteiger partial charge in [0, 0.05) is 12.2 Å². The molecule has 24 heavy (non-hydrogen) atoms. The first-order valence-electron chi connectivity index (χ1n) is 8.67. The van der Waals surface area contributed by atoms with Crippen molar-refractivity contribution in [1.29, 1.82) is 0 Å². The van der Waals surface area contributed by atoms with Gasteiger partial charge in [-0.15, -0.1) is 0 Å². The highest BCUT2D eigenvalue weighted by molar-refractivity contribution is 5.76. The standard InChI is InChI=1S/C20H25N3O/c1-17-7-5-6-10-19(17)23-13-11-22(12-14-23)16-20(24)21-15-18-8-3-2-4-9-18/h2-10H,11-16H2,1H3,(H,21,24)/p+1. The maximum Gasteiger partial charge on any atom is 0.275 e. The molecule has 1 saturated heterocycles. The van der Waals surface area contributed by atoms with E-state index in [0.717, 1.165) is 31.7 Å². The van der Waals surface area contributed by atoms with E-state index in [1.165, 1.54) is 16.2 Å². The highest BCUT2D eigenvalue weighted by atomic mass is 16.2. The molecule has 1 aliphatic heterocycles. The molecule has 2 aromatic rings. The summed E-state index contributed by atoms with van der Waals surface area (Å²) in [6, 6.07) is 18.6. The van der Waals surface area contributed by atoms with Crippen LogP contribution in [0.2, 0.25) is 0 Å². The molecule has 4 nitrogen and oxygen atoms in total. The van der Waals surface area contributed by atoms with Crippen LogP contribution in [0.1, 0.15) is 11.1 Å². The number of nitrogens with zero attached hydrogens (tertiary/aromatic N) is 1. The van der Waals surface area contributed by atoms with Crippen LogP contribution in [0, 0.1) is 6.92 Å². The molecule has 4 heteroatoms. The van der Waals surface area contributed by atoms with Crippen LogP contribution in [0.4, 0.5) is 5.69 Å². The van der Waals surface area contributed by atoms with Gasteiger partial charge >= 0.3 is 0 Å². The van der Waals surface area contributed by atoms with Gasteiger partial charge in [0.25, 0.3) is 5.91 Å². The second-order valence-electron chi connectivity index (χ2n) is 6.46. The van der Waals surface area contributed by atoms with E-state index in [0.29, 0.717) is 13.1 Å². The molecule has 0 unspecified atom stereocenters. The molecule has 0 spiro atoms. The molecule has 2 N–H and O–H groups in total. The average Bonchev–Trinajstić information content (AvgIpc) is 2.62. The van der Waals surface area contributed by atoms with Crippen molar-refractivity contribution in [2.75, 3.05) is 37.6 Å². The molecule has 2 aromatic carbocycles. The van der Waals surface area contributed by atoms with E-state index in [2.05, 4.69) is 41.4 Å². The topological polar surface area (TPSA) is 36.8 Å². The first-order chi connectivity index (χ1) is 11.7. The number of amides is 1. The van der Waals surface area contributed by atoms with Crippen LogP contribution in [-0.2, 0) is 11.3 Å². The lowest BCUT2D eigenvalue weighted by molar-refractivity contribution is -0.892. The van der Waals surface area contributed by atoms with E-state index in [1.54, 1.807) is 0 Å². The monoisotopic (exact) mass is 324 g/mol. The molecule has 126 valence electrons. The van der Waals surface area contributed by atoms with Crippen molar-refractivity contribution in [3.63, 3.8) is 0 Å². The van der Waals surface area contributed by atoms with E-state index in [-0.39, 0.29) is 5.91 Å². The first-order valence-corrected chi connectivity index (χ1v) is 8.67. The Morgan fingerprint density at radius 2 is 1.71 bits per heavy atom. The quantitative estimate of drug-likeness (QED) is 0.861. The van der Waals surface area contributed by atoms with Crippen molar-refractivity contribution >= 4 is 11.6 Å². The Hall–Kier alpha value is -2.33. The van der Waals surface area contributed by atoms with Crippen LogP contribution in [0.5, 0.6) is 0 Å². The number of anilines is 1. The summed E-state index contributed by atoms with van der Waals surface area (Å²) in [6.45, 7) is 7.36. The Kier molecular flexibility index (Phi) is 5.49. The fraction of sp³-hybridized carbons (Fsp3) is 0.350. The summed E-state index contributed by atoms with van der Waals surface area (Å²) in [7, 11) is 0. The maximum atomic E-state index is 12.1. The Morgan fingerprint density at radius 1 is 1.04 bits per heavy atom. The minimum Gasteiger partial charge on any atom is -0.360 e. The van der Waals surface area contributed by atoms with Crippen LogP contribution in [0.15, 0.2) is 54.6 Å². The molecule has 1 fully saturated rings. The lowest BCUT2D eigenvalue weighted by Gasteiger charge is -2.34. The highest BCUT2D eigenvalue weighted by Crippen LogP contribution is 2.18. The fourth-order valence-electron chi connectivity index (χ4n) is 3.24. The lowest BCUT2D eigenvalue weighted by atomic mass is 10.1.